The lowest BCUT2D eigenvalue weighted by molar-refractivity contribution is 0.163. The molecule has 0 saturated heterocycles. The first kappa shape index (κ1) is 19.9. The Bertz CT molecular complexity index is 204. The summed E-state index contributed by atoms with van der Waals surface area (Å²) in [6.45, 7) is 20.8. The van der Waals surface area contributed by atoms with Crippen LogP contribution in [0.3, 0.4) is 0 Å². The normalized spacial score (nSPS) is 15.0. The molecule has 0 aromatic rings. The third-order valence-electron chi connectivity index (χ3n) is 4.47. The van der Waals surface area contributed by atoms with Crippen LogP contribution in [0.5, 0.6) is 0 Å². The fourth-order valence-electron chi connectivity index (χ4n) is 2.93. The van der Waals surface area contributed by atoms with Gasteiger partial charge in [0.25, 0.3) is 0 Å². The summed E-state index contributed by atoms with van der Waals surface area (Å²) in [6, 6.07) is 1.26. The molecule has 0 saturated carbocycles. The standard InChI is InChI=1S/C17H39N3/c1-7-13-18-17(8-2)16(6)20(11-5)15-12-14-19(9-3)10-4/h16-18H,7-15H2,1-6H3. The van der Waals surface area contributed by atoms with Gasteiger partial charge in [-0.05, 0) is 65.5 Å². The molecule has 1 N–H and O–H groups in total. The van der Waals surface area contributed by atoms with E-state index >= 15 is 0 Å². The zero-order valence-electron chi connectivity index (χ0n) is 14.9. The smallest absolute Gasteiger partial charge is 0.0220 e. The maximum atomic E-state index is 3.70. The minimum atomic E-state index is 0.628. The van der Waals surface area contributed by atoms with Gasteiger partial charge in [0, 0.05) is 12.1 Å². The quantitative estimate of drug-likeness (QED) is 0.560. The van der Waals surface area contributed by atoms with Crippen molar-refractivity contribution in [2.45, 2.75) is 72.9 Å². The van der Waals surface area contributed by atoms with E-state index in [4.69, 9.17) is 0 Å². The van der Waals surface area contributed by atoms with E-state index in [0.29, 0.717) is 12.1 Å². The van der Waals surface area contributed by atoms with Gasteiger partial charge in [-0.3, -0.25) is 4.90 Å². The minimum absolute atomic E-state index is 0.628. The molecule has 0 aliphatic rings. The number of nitrogens with zero attached hydrogens (tertiary/aromatic N) is 2. The summed E-state index contributed by atoms with van der Waals surface area (Å²) in [6.07, 6.45) is 3.72. The van der Waals surface area contributed by atoms with Gasteiger partial charge in [-0.1, -0.05) is 34.6 Å². The summed E-state index contributed by atoms with van der Waals surface area (Å²) >= 11 is 0. The molecule has 0 rings (SSSR count). The van der Waals surface area contributed by atoms with Crippen LogP contribution in [0.1, 0.15) is 60.8 Å². The van der Waals surface area contributed by atoms with E-state index in [0.717, 1.165) is 13.1 Å². The second-order valence-electron chi connectivity index (χ2n) is 5.72. The Morgan fingerprint density at radius 2 is 1.55 bits per heavy atom. The largest absolute Gasteiger partial charge is 0.312 e. The molecule has 0 aromatic heterocycles. The summed E-state index contributed by atoms with van der Waals surface area (Å²) in [7, 11) is 0. The van der Waals surface area contributed by atoms with Gasteiger partial charge >= 0.3 is 0 Å². The molecular weight excluding hydrogens is 246 g/mol. The maximum Gasteiger partial charge on any atom is 0.0220 e. The number of nitrogens with one attached hydrogen (secondary N) is 1. The average molecular weight is 286 g/mol. The highest BCUT2D eigenvalue weighted by atomic mass is 15.2. The van der Waals surface area contributed by atoms with Crippen LogP contribution in [0.15, 0.2) is 0 Å². The monoisotopic (exact) mass is 285 g/mol. The van der Waals surface area contributed by atoms with Gasteiger partial charge in [-0.15, -0.1) is 0 Å². The zero-order chi connectivity index (χ0) is 15.4. The molecule has 0 fully saturated rings. The topological polar surface area (TPSA) is 18.5 Å². The first-order chi connectivity index (χ1) is 9.64. The van der Waals surface area contributed by atoms with Crippen molar-refractivity contribution in [3.8, 4) is 0 Å². The molecule has 122 valence electrons. The van der Waals surface area contributed by atoms with Crippen molar-refractivity contribution < 1.29 is 0 Å². The summed E-state index contributed by atoms with van der Waals surface area (Å²) in [4.78, 5) is 5.16. The Kier molecular flexibility index (Phi) is 12.5. The maximum absolute atomic E-state index is 3.70. The lowest BCUT2D eigenvalue weighted by Gasteiger charge is -2.34. The Labute approximate surface area is 128 Å². The van der Waals surface area contributed by atoms with E-state index in [1.54, 1.807) is 0 Å². The fourth-order valence-corrected chi connectivity index (χ4v) is 2.93. The highest BCUT2D eigenvalue weighted by Gasteiger charge is 2.20. The lowest BCUT2D eigenvalue weighted by Crippen LogP contribution is -2.49. The molecule has 0 aliphatic carbocycles. The summed E-state index contributed by atoms with van der Waals surface area (Å²) in [5.74, 6) is 0. The van der Waals surface area contributed by atoms with Crippen LogP contribution in [0.4, 0.5) is 0 Å². The molecule has 3 nitrogen and oxygen atoms in total. The molecular formula is C17H39N3. The number of hydrogen-bond acceptors (Lipinski definition) is 3. The van der Waals surface area contributed by atoms with Crippen molar-refractivity contribution in [1.29, 1.82) is 0 Å². The van der Waals surface area contributed by atoms with Gasteiger partial charge in [0.15, 0.2) is 0 Å². The zero-order valence-corrected chi connectivity index (χ0v) is 14.9. The molecule has 0 radical (unpaired) electrons. The number of likely N-dealkylation sites (N-methyl/N-ethyl adjacent to an activating group) is 1. The summed E-state index contributed by atoms with van der Waals surface area (Å²) in [5, 5.41) is 3.70. The van der Waals surface area contributed by atoms with Crippen LogP contribution in [-0.4, -0.2) is 61.2 Å². The fraction of sp³-hybridized carbons (Fsp3) is 1.00. The molecule has 0 aromatic carbocycles. The second kappa shape index (κ2) is 12.6. The Morgan fingerprint density at radius 1 is 0.900 bits per heavy atom. The molecule has 0 bridgehead atoms. The molecule has 2 unspecified atom stereocenters. The third-order valence-corrected chi connectivity index (χ3v) is 4.47. The van der Waals surface area contributed by atoms with Crippen LogP contribution in [0.25, 0.3) is 0 Å². The highest BCUT2D eigenvalue weighted by Crippen LogP contribution is 2.09. The van der Waals surface area contributed by atoms with Crippen LogP contribution >= 0.6 is 0 Å². The van der Waals surface area contributed by atoms with Crippen LogP contribution in [0, 0.1) is 0 Å². The van der Waals surface area contributed by atoms with Gasteiger partial charge in [-0.2, -0.15) is 0 Å². The van der Waals surface area contributed by atoms with Gasteiger partial charge in [0.2, 0.25) is 0 Å². The van der Waals surface area contributed by atoms with Gasteiger partial charge < -0.3 is 10.2 Å². The van der Waals surface area contributed by atoms with Gasteiger partial charge in [-0.25, -0.2) is 0 Å². The molecule has 20 heavy (non-hydrogen) atoms. The molecule has 0 heterocycles. The molecule has 0 aliphatic heterocycles. The minimum Gasteiger partial charge on any atom is -0.312 e. The second-order valence-corrected chi connectivity index (χ2v) is 5.72. The molecule has 2 atom stereocenters. The van der Waals surface area contributed by atoms with E-state index in [1.165, 1.54) is 45.4 Å². The first-order valence-electron chi connectivity index (χ1n) is 8.84. The van der Waals surface area contributed by atoms with Crippen molar-refractivity contribution in [1.82, 2.24) is 15.1 Å². The summed E-state index contributed by atoms with van der Waals surface area (Å²) in [5.41, 5.74) is 0. The average Bonchev–Trinajstić information content (AvgIpc) is 2.48. The lowest BCUT2D eigenvalue weighted by atomic mass is 10.0. The number of rotatable bonds is 13. The van der Waals surface area contributed by atoms with Crippen LogP contribution in [0.2, 0.25) is 0 Å². The summed E-state index contributed by atoms with van der Waals surface area (Å²) < 4.78 is 0. The first-order valence-corrected chi connectivity index (χ1v) is 8.84. The predicted octanol–water partition coefficient (Wildman–Crippen LogP) is 3.21. The van der Waals surface area contributed by atoms with E-state index in [-0.39, 0.29) is 0 Å². The van der Waals surface area contributed by atoms with Crippen molar-refractivity contribution in [3.63, 3.8) is 0 Å². The van der Waals surface area contributed by atoms with Crippen LogP contribution < -0.4 is 5.32 Å². The van der Waals surface area contributed by atoms with E-state index in [1.807, 2.05) is 0 Å². The van der Waals surface area contributed by atoms with E-state index in [2.05, 4.69) is 56.7 Å². The van der Waals surface area contributed by atoms with Gasteiger partial charge in [0.05, 0.1) is 0 Å². The Morgan fingerprint density at radius 3 is 2.00 bits per heavy atom. The van der Waals surface area contributed by atoms with Crippen LogP contribution in [-0.2, 0) is 0 Å². The van der Waals surface area contributed by atoms with Crippen molar-refractivity contribution in [2.75, 3.05) is 39.3 Å². The van der Waals surface area contributed by atoms with Crippen molar-refractivity contribution in [3.05, 3.63) is 0 Å². The molecule has 0 amide bonds. The SMILES string of the molecule is CCCNC(CC)C(C)N(CC)CCCN(CC)CC. The molecule has 3 heteroatoms. The van der Waals surface area contributed by atoms with Crippen molar-refractivity contribution in [2.24, 2.45) is 0 Å². The van der Waals surface area contributed by atoms with E-state index in [9.17, 15) is 0 Å². The van der Waals surface area contributed by atoms with Crippen molar-refractivity contribution >= 4 is 0 Å². The molecule has 0 spiro atoms. The Hall–Kier alpha value is -0.120. The highest BCUT2D eigenvalue weighted by molar-refractivity contribution is 4.80. The Balaban J connectivity index is 4.20. The van der Waals surface area contributed by atoms with Gasteiger partial charge in [0.1, 0.15) is 0 Å². The van der Waals surface area contributed by atoms with E-state index < -0.39 is 0 Å². The predicted molar refractivity (Wildman–Crippen MR) is 91.5 cm³/mol. The third kappa shape index (κ3) is 7.61. The number of hydrogen-bond donors (Lipinski definition) is 1.